The topological polar surface area (TPSA) is 15.3 Å². The van der Waals surface area contributed by atoms with Gasteiger partial charge in [0.1, 0.15) is 0 Å². The Bertz CT molecular complexity index is 456. The van der Waals surface area contributed by atoms with E-state index in [1.165, 1.54) is 57.4 Å². The van der Waals surface area contributed by atoms with E-state index in [9.17, 15) is 0 Å². The van der Waals surface area contributed by atoms with E-state index in [2.05, 4.69) is 40.6 Å². The van der Waals surface area contributed by atoms with Gasteiger partial charge in [0.25, 0.3) is 0 Å². The van der Waals surface area contributed by atoms with Crippen LogP contribution in [0.1, 0.15) is 36.0 Å². The van der Waals surface area contributed by atoms with Gasteiger partial charge in [0, 0.05) is 19.6 Å². The number of hydrogen-bond acceptors (Lipinski definition) is 2. The van der Waals surface area contributed by atoms with Crippen LogP contribution in [-0.2, 0) is 12.8 Å². The molecular weight excluding hydrogens is 244 g/mol. The number of hydrogen-bond donors (Lipinski definition) is 1. The average Bonchev–Trinajstić information content (AvgIpc) is 2.78. The Kier molecular flexibility index (Phi) is 4.88. The summed E-state index contributed by atoms with van der Waals surface area (Å²) >= 11 is 0. The molecule has 0 amide bonds. The smallest absolute Gasteiger partial charge is 0.0107 e. The largest absolute Gasteiger partial charge is 0.315 e. The second-order valence-corrected chi connectivity index (χ2v) is 6.02. The second kappa shape index (κ2) is 7.05. The Morgan fingerprint density at radius 3 is 3.00 bits per heavy atom. The third-order valence-electron chi connectivity index (χ3n) is 4.48. The first kappa shape index (κ1) is 13.8. The summed E-state index contributed by atoms with van der Waals surface area (Å²) in [5.41, 5.74) is 4.52. The molecule has 0 unspecified atom stereocenters. The molecule has 2 heteroatoms. The third-order valence-corrected chi connectivity index (χ3v) is 4.48. The molecule has 2 aliphatic rings. The molecule has 1 aliphatic heterocycles. The van der Waals surface area contributed by atoms with E-state index in [1.807, 2.05) is 0 Å². The van der Waals surface area contributed by atoms with Crippen molar-refractivity contribution in [2.75, 3.05) is 32.7 Å². The Hall–Kier alpha value is -1.12. The molecule has 0 atom stereocenters. The summed E-state index contributed by atoms with van der Waals surface area (Å²) in [5, 5.41) is 3.46. The molecule has 0 radical (unpaired) electrons. The quantitative estimate of drug-likeness (QED) is 0.905. The zero-order valence-electron chi connectivity index (χ0n) is 12.4. The highest BCUT2D eigenvalue weighted by Crippen LogP contribution is 2.23. The van der Waals surface area contributed by atoms with Crippen LogP contribution in [-0.4, -0.2) is 37.6 Å². The van der Waals surface area contributed by atoms with Gasteiger partial charge in [0.2, 0.25) is 0 Å². The molecule has 1 N–H and O–H groups in total. The average molecular weight is 270 g/mol. The number of nitrogens with one attached hydrogen (secondary N) is 1. The number of fused-ring (bicyclic) bond motifs is 1. The van der Waals surface area contributed by atoms with Crippen LogP contribution in [0.3, 0.4) is 0 Å². The van der Waals surface area contributed by atoms with E-state index in [-0.39, 0.29) is 0 Å². The molecule has 0 bridgehead atoms. The number of benzene rings is 1. The molecule has 1 fully saturated rings. The molecule has 20 heavy (non-hydrogen) atoms. The molecule has 2 nitrogen and oxygen atoms in total. The SMILES string of the molecule is C(=C\c1ccc2c(c1)CCC2)/CCN1CCCNCC1. The minimum atomic E-state index is 1.15. The van der Waals surface area contributed by atoms with Gasteiger partial charge in [-0.15, -0.1) is 0 Å². The van der Waals surface area contributed by atoms with Crippen LogP contribution >= 0.6 is 0 Å². The van der Waals surface area contributed by atoms with Crippen LogP contribution in [0.25, 0.3) is 6.08 Å². The lowest BCUT2D eigenvalue weighted by molar-refractivity contribution is 0.298. The first-order valence-electron chi connectivity index (χ1n) is 8.13. The van der Waals surface area contributed by atoms with Crippen molar-refractivity contribution in [3.8, 4) is 0 Å². The van der Waals surface area contributed by atoms with Crippen molar-refractivity contribution in [1.29, 1.82) is 0 Å². The zero-order valence-corrected chi connectivity index (χ0v) is 12.4. The van der Waals surface area contributed by atoms with Crippen molar-refractivity contribution in [2.45, 2.75) is 32.1 Å². The lowest BCUT2D eigenvalue weighted by Crippen LogP contribution is -2.28. The van der Waals surface area contributed by atoms with E-state index < -0.39 is 0 Å². The van der Waals surface area contributed by atoms with Gasteiger partial charge in [-0.25, -0.2) is 0 Å². The molecule has 1 aromatic carbocycles. The lowest BCUT2D eigenvalue weighted by Gasteiger charge is -2.17. The predicted molar refractivity (Wildman–Crippen MR) is 86.0 cm³/mol. The summed E-state index contributed by atoms with van der Waals surface area (Å²) in [5.74, 6) is 0. The minimum absolute atomic E-state index is 1.15. The summed E-state index contributed by atoms with van der Waals surface area (Å²) in [4.78, 5) is 2.58. The summed E-state index contributed by atoms with van der Waals surface area (Å²) in [6.45, 7) is 5.98. The summed E-state index contributed by atoms with van der Waals surface area (Å²) in [6.07, 6.45) is 11.0. The van der Waals surface area contributed by atoms with Gasteiger partial charge in [-0.05, 0) is 61.9 Å². The molecule has 0 aromatic heterocycles. The maximum absolute atomic E-state index is 3.46. The van der Waals surface area contributed by atoms with Crippen molar-refractivity contribution in [1.82, 2.24) is 10.2 Å². The van der Waals surface area contributed by atoms with Crippen molar-refractivity contribution in [2.24, 2.45) is 0 Å². The zero-order chi connectivity index (χ0) is 13.6. The van der Waals surface area contributed by atoms with Crippen molar-refractivity contribution >= 4 is 6.08 Å². The van der Waals surface area contributed by atoms with E-state index in [0.717, 1.165) is 13.0 Å². The Morgan fingerprint density at radius 2 is 2.00 bits per heavy atom. The molecule has 1 heterocycles. The van der Waals surface area contributed by atoms with Gasteiger partial charge >= 0.3 is 0 Å². The first-order valence-corrected chi connectivity index (χ1v) is 8.13. The van der Waals surface area contributed by atoms with E-state index >= 15 is 0 Å². The van der Waals surface area contributed by atoms with Crippen LogP contribution in [0.4, 0.5) is 0 Å². The van der Waals surface area contributed by atoms with Gasteiger partial charge in [-0.3, -0.25) is 0 Å². The molecular formula is C18H26N2. The first-order chi connectivity index (χ1) is 9.92. The van der Waals surface area contributed by atoms with Crippen molar-refractivity contribution < 1.29 is 0 Å². The van der Waals surface area contributed by atoms with Crippen LogP contribution in [0.2, 0.25) is 0 Å². The third kappa shape index (κ3) is 3.71. The maximum atomic E-state index is 3.46. The minimum Gasteiger partial charge on any atom is -0.315 e. The molecule has 3 rings (SSSR count). The number of nitrogens with zero attached hydrogens (tertiary/aromatic N) is 1. The fourth-order valence-corrected chi connectivity index (χ4v) is 3.30. The molecule has 1 aliphatic carbocycles. The predicted octanol–water partition coefficient (Wildman–Crippen LogP) is 2.87. The normalized spacial score (nSPS) is 20.2. The van der Waals surface area contributed by atoms with Crippen molar-refractivity contribution in [3.05, 3.63) is 41.0 Å². The highest BCUT2D eigenvalue weighted by atomic mass is 15.1. The van der Waals surface area contributed by atoms with Crippen LogP contribution in [0.15, 0.2) is 24.3 Å². The second-order valence-electron chi connectivity index (χ2n) is 6.02. The summed E-state index contributed by atoms with van der Waals surface area (Å²) in [6, 6.07) is 6.98. The van der Waals surface area contributed by atoms with Gasteiger partial charge < -0.3 is 10.2 Å². The summed E-state index contributed by atoms with van der Waals surface area (Å²) < 4.78 is 0. The van der Waals surface area contributed by atoms with Crippen LogP contribution in [0, 0.1) is 0 Å². The van der Waals surface area contributed by atoms with E-state index in [4.69, 9.17) is 0 Å². The van der Waals surface area contributed by atoms with Crippen molar-refractivity contribution in [3.63, 3.8) is 0 Å². The molecule has 1 saturated heterocycles. The highest BCUT2D eigenvalue weighted by molar-refractivity contribution is 5.52. The van der Waals surface area contributed by atoms with Crippen LogP contribution in [0.5, 0.6) is 0 Å². The standard InChI is InChI=1S/C18H26N2/c1(2-12-20-13-4-10-19-11-14-20)5-16-8-9-17-6-3-7-18(17)15-16/h1,5,8-9,15,19H,2-4,6-7,10-14H2/b5-1+. The lowest BCUT2D eigenvalue weighted by atomic mass is 10.1. The Labute approximate surface area is 122 Å². The fourth-order valence-electron chi connectivity index (χ4n) is 3.30. The van der Waals surface area contributed by atoms with Crippen LogP contribution < -0.4 is 5.32 Å². The maximum Gasteiger partial charge on any atom is 0.0107 e. The van der Waals surface area contributed by atoms with Gasteiger partial charge in [0.15, 0.2) is 0 Å². The number of aryl methyl sites for hydroxylation is 2. The van der Waals surface area contributed by atoms with E-state index in [1.54, 1.807) is 11.1 Å². The van der Waals surface area contributed by atoms with Gasteiger partial charge in [-0.2, -0.15) is 0 Å². The highest BCUT2D eigenvalue weighted by Gasteiger charge is 2.10. The monoisotopic (exact) mass is 270 g/mol. The molecule has 0 saturated carbocycles. The fraction of sp³-hybridized carbons (Fsp3) is 0.556. The number of rotatable bonds is 4. The Morgan fingerprint density at radius 1 is 1.05 bits per heavy atom. The van der Waals surface area contributed by atoms with E-state index in [0.29, 0.717) is 0 Å². The van der Waals surface area contributed by atoms with Gasteiger partial charge in [-0.1, -0.05) is 30.4 Å². The summed E-state index contributed by atoms with van der Waals surface area (Å²) in [7, 11) is 0. The Balaban J connectivity index is 1.47. The van der Waals surface area contributed by atoms with Gasteiger partial charge in [0.05, 0.1) is 0 Å². The molecule has 0 spiro atoms. The molecule has 1 aromatic rings. The molecule has 108 valence electrons.